The number of aromatic amines is 2. The van der Waals surface area contributed by atoms with Crippen LogP contribution in [-0.2, 0) is 22.6 Å². The van der Waals surface area contributed by atoms with Crippen molar-refractivity contribution in [3.8, 4) is 0 Å². The number of H-pyrrole nitrogens is 2. The third-order valence-corrected chi connectivity index (χ3v) is 3.70. The van der Waals surface area contributed by atoms with E-state index in [1.807, 2.05) is 0 Å². The zero-order chi connectivity index (χ0) is 15.4. The standard InChI is InChI=1S/C11H11ClN4O4S/c1-5-6(10(18)14-11(19)13-5)2-3-8(17)20-4-7-9(12)21-16-15-7/h2-4H2,1H3,(H2,13,14,18,19). The summed E-state index contributed by atoms with van der Waals surface area (Å²) in [6.45, 7) is 1.53. The van der Waals surface area contributed by atoms with Gasteiger partial charge in [-0.2, -0.15) is 0 Å². The second-order valence-corrected chi connectivity index (χ2v) is 5.52. The van der Waals surface area contributed by atoms with E-state index >= 15 is 0 Å². The summed E-state index contributed by atoms with van der Waals surface area (Å²) in [6.07, 6.45) is 0.172. The monoisotopic (exact) mass is 330 g/mol. The number of aromatic nitrogens is 4. The van der Waals surface area contributed by atoms with Gasteiger partial charge in [0.2, 0.25) is 0 Å². The lowest BCUT2D eigenvalue weighted by Gasteiger charge is -2.04. The summed E-state index contributed by atoms with van der Waals surface area (Å²) in [4.78, 5) is 38.8. The quantitative estimate of drug-likeness (QED) is 0.773. The van der Waals surface area contributed by atoms with Crippen LogP contribution in [0.3, 0.4) is 0 Å². The number of ether oxygens (including phenoxy) is 1. The molecule has 0 saturated carbocycles. The van der Waals surface area contributed by atoms with Crippen LogP contribution >= 0.6 is 23.1 Å². The van der Waals surface area contributed by atoms with Crippen LogP contribution in [0.5, 0.6) is 0 Å². The molecule has 8 nitrogen and oxygen atoms in total. The predicted octanol–water partition coefficient (Wildman–Crippen LogP) is 0.553. The van der Waals surface area contributed by atoms with Gasteiger partial charge >= 0.3 is 11.7 Å². The van der Waals surface area contributed by atoms with Gasteiger partial charge in [0.1, 0.15) is 16.6 Å². The van der Waals surface area contributed by atoms with Gasteiger partial charge < -0.3 is 9.72 Å². The minimum Gasteiger partial charge on any atom is -0.459 e. The number of aryl methyl sites for hydroxylation is 1. The Labute approximate surface area is 127 Å². The highest BCUT2D eigenvalue weighted by molar-refractivity contribution is 7.10. The topological polar surface area (TPSA) is 118 Å². The molecule has 0 amide bonds. The summed E-state index contributed by atoms with van der Waals surface area (Å²) in [5, 5.41) is 3.71. The number of rotatable bonds is 5. The molecule has 2 heterocycles. The number of hydrogen-bond acceptors (Lipinski definition) is 7. The van der Waals surface area contributed by atoms with Gasteiger partial charge in [-0.1, -0.05) is 16.1 Å². The van der Waals surface area contributed by atoms with Crippen molar-refractivity contribution in [2.24, 2.45) is 0 Å². The minimum atomic E-state index is -0.575. The molecule has 0 saturated heterocycles. The van der Waals surface area contributed by atoms with Crippen LogP contribution in [0.4, 0.5) is 0 Å². The lowest BCUT2D eigenvalue weighted by atomic mass is 10.1. The molecule has 0 aliphatic rings. The van der Waals surface area contributed by atoms with E-state index in [0.29, 0.717) is 21.3 Å². The molecule has 0 atom stereocenters. The zero-order valence-electron chi connectivity index (χ0n) is 10.9. The first kappa shape index (κ1) is 15.4. The van der Waals surface area contributed by atoms with E-state index in [-0.39, 0.29) is 19.4 Å². The molecule has 0 aliphatic carbocycles. The molecule has 2 N–H and O–H groups in total. The van der Waals surface area contributed by atoms with Crippen LogP contribution < -0.4 is 11.2 Å². The minimum absolute atomic E-state index is 0.00511. The first-order valence-electron chi connectivity index (χ1n) is 5.92. The van der Waals surface area contributed by atoms with Crippen LogP contribution in [-0.4, -0.2) is 25.5 Å². The molecule has 2 aromatic heterocycles. The Kier molecular flexibility index (Phi) is 4.86. The summed E-state index contributed by atoms with van der Waals surface area (Å²) >= 11 is 6.78. The van der Waals surface area contributed by atoms with E-state index in [1.165, 1.54) is 0 Å². The number of carbonyl (C=O) groups excluding carboxylic acids is 1. The molecule has 0 unspecified atom stereocenters. The van der Waals surface area contributed by atoms with Crippen molar-refractivity contribution in [2.45, 2.75) is 26.4 Å². The van der Waals surface area contributed by atoms with Gasteiger partial charge in [-0.3, -0.25) is 14.6 Å². The Morgan fingerprint density at radius 3 is 2.76 bits per heavy atom. The third-order valence-electron chi connectivity index (χ3n) is 2.71. The molecule has 0 aromatic carbocycles. The van der Waals surface area contributed by atoms with Crippen molar-refractivity contribution < 1.29 is 9.53 Å². The summed E-state index contributed by atoms with van der Waals surface area (Å²) in [5.41, 5.74) is 0.0987. The van der Waals surface area contributed by atoms with Crippen LogP contribution in [0.25, 0.3) is 0 Å². The lowest BCUT2D eigenvalue weighted by Crippen LogP contribution is -2.27. The number of nitrogens with zero attached hydrogens (tertiary/aromatic N) is 2. The summed E-state index contributed by atoms with van der Waals surface area (Å²) < 4.78 is 8.97. The van der Waals surface area contributed by atoms with E-state index in [2.05, 4.69) is 19.6 Å². The average Bonchev–Trinajstić information content (AvgIpc) is 2.80. The summed E-state index contributed by atoms with van der Waals surface area (Å²) in [7, 11) is 0. The van der Waals surface area contributed by atoms with E-state index in [0.717, 1.165) is 11.5 Å². The Bertz CT molecular complexity index is 766. The molecule has 0 bridgehead atoms. The van der Waals surface area contributed by atoms with Crippen molar-refractivity contribution in [2.75, 3.05) is 0 Å². The van der Waals surface area contributed by atoms with Gasteiger partial charge in [-0.15, -0.1) is 5.10 Å². The summed E-state index contributed by atoms with van der Waals surface area (Å²) in [6, 6.07) is 0. The van der Waals surface area contributed by atoms with Gasteiger partial charge in [0, 0.05) is 29.2 Å². The van der Waals surface area contributed by atoms with E-state index < -0.39 is 17.2 Å². The number of carbonyl (C=O) groups is 1. The van der Waals surface area contributed by atoms with Crippen molar-refractivity contribution >= 4 is 29.1 Å². The van der Waals surface area contributed by atoms with Crippen molar-refractivity contribution in [1.29, 1.82) is 0 Å². The van der Waals surface area contributed by atoms with Gasteiger partial charge in [-0.25, -0.2) is 4.79 Å². The van der Waals surface area contributed by atoms with E-state index in [4.69, 9.17) is 16.3 Å². The predicted molar refractivity (Wildman–Crippen MR) is 75.5 cm³/mol. The number of nitrogens with one attached hydrogen (secondary N) is 2. The Balaban J connectivity index is 1.91. The van der Waals surface area contributed by atoms with Crippen LogP contribution in [0.15, 0.2) is 9.59 Å². The first-order chi connectivity index (χ1) is 9.97. The molecular weight excluding hydrogens is 320 g/mol. The fourth-order valence-corrected chi connectivity index (χ4v) is 2.26. The SMILES string of the molecule is Cc1[nH]c(=O)[nH]c(=O)c1CCC(=O)OCc1nnsc1Cl. The third kappa shape index (κ3) is 3.99. The molecule has 0 fully saturated rings. The fraction of sp³-hybridized carbons (Fsp3) is 0.364. The highest BCUT2D eigenvalue weighted by Gasteiger charge is 2.12. The van der Waals surface area contributed by atoms with Gasteiger partial charge in [0.05, 0.1) is 0 Å². The van der Waals surface area contributed by atoms with Gasteiger partial charge in [0.25, 0.3) is 5.56 Å². The Hall–Kier alpha value is -2.00. The zero-order valence-corrected chi connectivity index (χ0v) is 12.5. The summed E-state index contributed by atoms with van der Waals surface area (Å²) in [5.74, 6) is -0.496. The van der Waals surface area contributed by atoms with E-state index in [1.54, 1.807) is 6.92 Å². The second-order valence-electron chi connectivity index (χ2n) is 4.17. The Morgan fingerprint density at radius 1 is 1.38 bits per heavy atom. The maximum Gasteiger partial charge on any atom is 0.325 e. The van der Waals surface area contributed by atoms with Crippen LogP contribution in [0, 0.1) is 6.92 Å². The normalized spacial score (nSPS) is 10.6. The van der Waals surface area contributed by atoms with Crippen molar-refractivity contribution in [1.82, 2.24) is 19.6 Å². The van der Waals surface area contributed by atoms with Gasteiger partial charge in [-0.05, 0) is 13.3 Å². The van der Waals surface area contributed by atoms with E-state index in [9.17, 15) is 14.4 Å². The molecule has 112 valence electrons. The Morgan fingerprint density at radius 2 is 2.14 bits per heavy atom. The van der Waals surface area contributed by atoms with Crippen LogP contribution in [0.1, 0.15) is 23.4 Å². The van der Waals surface area contributed by atoms with Crippen LogP contribution in [0.2, 0.25) is 4.34 Å². The maximum absolute atomic E-state index is 11.6. The highest BCUT2D eigenvalue weighted by Crippen LogP contribution is 2.18. The van der Waals surface area contributed by atoms with Crippen molar-refractivity contribution in [3.63, 3.8) is 0 Å². The number of esters is 1. The maximum atomic E-state index is 11.6. The number of halogens is 1. The highest BCUT2D eigenvalue weighted by atomic mass is 35.5. The fourth-order valence-electron chi connectivity index (χ4n) is 1.66. The second kappa shape index (κ2) is 6.64. The molecule has 0 radical (unpaired) electrons. The average molecular weight is 331 g/mol. The largest absolute Gasteiger partial charge is 0.459 e. The first-order valence-corrected chi connectivity index (χ1v) is 7.07. The molecule has 10 heteroatoms. The molecule has 2 rings (SSSR count). The lowest BCUT2D eigenvalue weighted by molar-refractivity contribution is -0.145. The molecular formula is C11H11ClN4O4S. The molecule has 0 aliphatic heterocycles. The molecule has 21 heavy (non-hydrogen) atoms. The smallest absolute Gasteiger partial charge is 0.325 e. The number of hydrogen-bond donors (Lipinski definition) is 2. The van der Waals surface area contributed by atoms with Crippen molar-refractivity contribution in [3.05, 3.63) is 42.1 Å². The molecule has 2 aromatic rings. The molecule has 0 spiro atoms. The van der Waals surface area contributed by atoms with Gasteiger partial charge in [0.15, 0.2) is 0 Å².